The van der Waals surface area contributed by atoms with Crippen LogP contribution in [0, 0.1) is 5.92 Å². The molecule has 2 saturated heterocycles. The topological polar surface area (TPSA) is 49.4 Å². The molecule has 5 heteroatoms. The molecule has 15 heavy (non-hydrogen) atoms. The number of carbonyl (C=O) groups is 2. The summed E-state index contributed by atoms with van der Waals surface area (Å²) in [4.78, 5) is 25.1. The third kappa shape index (κ3) is 2.17. The lowest BCUT2D eigenvalue weighted by atomic mass is 10.1. The molecule has 2 aliphatic heterocycles. The summed E-state index contributed by atoms with van der Waals surface area (Å²) in [5.41, 5.74) is 0. The highest BCUT2D eigenvalue weighted by molar-refractivity contribution is 9.09. The summed E-state index contributed by atoms with van der Waals surface area (Å²) >= 11 is 3.39. The molecule has 2 fully saturated rings. The van der Waals surface area contributed by atoms with Crippen LogP contribution in [0.3, 0.4) is 0 Å². The molecular formula is C10H15BrN2O2. The first-order valence-electron chi connectivity index (χ1n) is 5.35. The molecule has 0 spiro atoms. The van der Waals surface area contributed by atoms with Crippen molar-refractivity contribution in [1.82, 2.24) is 10.2 Å². The first-order valence-corrected chi connectivity index (χ1v) is 6.47. The quantitative estimate of drug-likeness (QED) is 0.746. The maximum atomic E-state index is 11.7. The van der Waals surface area contributed by atoms with E-state index in [1.54, 1.807) is 4.90 Å². The third-order valence-electron chi connectivity index (χ3n) is 3.09. The zero-order valence-corrected chi connectivity index (χ0v) is 10.1. The number of carbonyl (C=O) groups excluding carboxylic acids is 2. The van der Waals surface area contributed by atoms with Gasteiger partial charge in [-0.25, -0.2) is 0 Å². The van der Waals surface area contributed by atoms with Crippen molar-refractivity contribution in [3.05, 3.63) is 0 Å². The van der Waals surface area contributed by atoms with E-state index in [2.05, 4.69) is 21.2 Å². The average molecular weight is 275 g/mol. The number of nitrogens with zero attached hydrogens (tertiary/aromatic N) is 1. The second kappa shape index (κ2) is 4.51. The number of nitrogens with one attached hydrogen (secondary N) is 1. The van der Waals surface area contributed by atoms with Crippen molar-refractivity contribution in [3.63, 3.8) is 0 Å². The van der Waals surface area contributed by atoms with E-state index in [-0.39, 0.29) is 17.9 Å². The summed E-state index contributed by atoms with van der Waals surface area (Å²) in [6.07, 6.45) is 2.36. The van der Waals surface area contributed by atoms with E-state index in [0.717, 1.165) is 31.3 Å². The van der Waals surface area contributed by atoms with Crippen molar-refractivity contribution in [2.45, 2.75) is 25.3 Å². The molecule has 2 unspecified atom stereocenters. The Hall–Kier alpha value is -0.580. The second-order valence-electron chi connectivity index (χ2n) is 4.22. The van der Waals surface area contributed by atoms with Crippen molar-refractivity contribution in [1.29, 1.82) is 0 Å². The van der Waals surface area contributed by atoms with E-state index >= 15 is 0 Å². The molecule has 2 amide bonds. The van der Waals surface area contributed by atoms with Gasteiger partial charge in [0.1, 0.15) is 6.04 Å². The minimum Gasteiger partial charge on any atom is -0.354 e. The van der Waals surface area contributed by atoms with Crippen LogP contribution in [0.1, 0.15) is 19.3 Å². The van der Waals surface area contributed by atoms with Gasteiger partial charge in [-0.2, -0.15) is 0 Å². The van der Waals surface area contributed by atoms with Gasteiger partial charge >= 0.3 is 0 Å². The summed E-state index contributed by atoms with van der Waals surface area (Å²) in [6.45, 7) is 1.47. The number of halogens is 1. The molecule has 2 heterocycles. The summed E-state index contributed by atoms with van der Waals surface area (Å²) < 4.78 is 0. The van der Waals surface area contributed by atoms with Crippen molar-refractivity contribution in [3.8, 4) is 0 Å². The van der Waals surface area contributed by atoms with Crippen LogP contribution in [-0.2, 0) is 9.59 Å². The van der Waals surface area contributed by atoms with Gasteiger partial charge in [0.05, 0.1) is 0 Å². The fraction of sp³-hybridized carbons (Fsp3) is 0.800. The Balaban J connectivity index is 2.03. The predicted octanol–water partition coefficient (Wildman–Crippen LogP) is 0.508. The molecule has 0 saturated carbocycles. The van der Waals surface area contributed by atoms with Gasteiger partial charge < -0.3 is 10.2 Å². The van der Waals surface area contributed by atoms with Crippen molar-refractivity contribution >= 4 is 27.7 Å². The number of rotatable bonds is 2. The Bertz CT molecular complexity index is 283. The lowest BCUT2D eigenvalue weighted by molar-refractivity contribution is -0.138. The fourth-order valence-electron chi connectivity index (χ4n) is 2.27. The van der Waals surface area contributed by atoms with Crippen LogP contribution in [-0.4, -0.2) is 41.2 Å². The van der Waals surface area contributed by atoms with Crippen LogP contribution in [0.5, 0.6) is 0 Å². The van der Waals surface area contributed by atoms with Gasteiger partial charge in [0.25, 0.3) is 0 Å². The van der Waals surface area contributed by atoms with Gasteiger partial charge in [-0.05, 0) is 18.8 Å². The van der Waals surface area contributed by atoms with Gasteiger partial charge in [-0.15, -0.1) is 0 Å². The zero-order chi connectivity index (χ0) is 10.8. The number of hydrogen-bond donors (Lipinski definition) is 1. The van der Waals surface area contributed by atoms with Crippen LogP contribution in [0.25, 0.3) is 0 Å². The highest BCUT2D eigenvalue weighted by Crippen LogP contribution is 2.24. The molecule has 2 aliphatic rings. The van der Waals surface area contributed by atoms with E-state index in [1.165, 1.54) is 0 Å². The van der Waals surface area contributed by atoms with Crippen LogP contribution in [0.2, 0.25) is 0 Å². The molecule has 0 radical (unpaired) electrons. The molecular weight excluding hydrogens is 260 g/mol. The number of alkyl halides is 1. The van der Waals surface area contributed by atoms with E-state index in [0.29, 0.717) is 12.3 Å². The van der Waals surface area contributed by atoms with Gasteiger partial charge in [-0.3, -0.25) is 9.59 Å². The van der Waals surface area contributed by atoms with E-state index < -0.39 is 0 Å². The van der Waals surface area contributed by atoms with Crippen LogP contribution >= 0.6 is 15.9 Å². The molecule has 0 aliphatic carbocycles. The number of piperidine rings is 1. The average Bonchev–Trinajstić information content (AvgIpc) is 2.60. The van der Waals surface area contributed by atoms with Crippen molar-refractivity contribution in [2.24, 2.45) is 5.92 Å². The Labute approximate surface area is 97.5 Å². The Morgan fingerprint density at radius 1 is 1.47 bits per heavy atom. The monoisotopic (exact) mass is 274 g/mol. The van der Waals surface area contributed by atoms with E-state index in [4.69, 9.17) is 0 Å². The molecule has 0 bridgehead atoms. The Kier molecular flexibility index (Phi) is 3.29. The summed E-state index contributed by atoms with van der Waals surface area (Å²) in [7, 11) is 0. The van der Waals surface area contributed by atoms with Crippen LogP contribution in [0.4, 0.5) is 0 Å². The summed E-state index contributed by atoms with van der Waals surface area (Å²) in [6, 6.07) is -0.213. The number of amides is 2. The number of hydrogen-bond acceptors (Lipinski definition) is 2. The van der Waals surface area contributed by atoms with Gasteiger partial charge in [0.15, 0.2) is 0 Å². The Morgan fingerprint density at radius 3 is 2.87 bits per heavy atom. The maximum Gasteiger partial charge on any atom is 0.242 e. The Morgan fingerprint density at radius 2 is 2.27 bits per heavy atom. The highest BCUT2D eigenvalue weighted by Gasteiger charge is 2.37. The van der Waals surface area contributed by atoms with Gasteiger partial charge in [-0.1, -0.05) is 15.9 Å². The van der Waals surface area contributed by atoms with Crippen LogP contribution in [0.15, 0.2) is 0 Å². The second-order valence-corrected chi connectivity index (χ2v) is 4.87. The smallest absolute Gasteiger partial charge is 0.242 e. The molecule has 2 atom stereocenters. The third-order valence-corrected chi connectivity index (χ3v) is 4.00. The highest BCUT2D eigenvalue weighted by atomic mass is 79.9. The molecule has 1 N–H and O–H groups in total. The minimum absolute atomic E-state index is 0.0184. The molecule has 0 aromatic carbocycles. The fourth-order valence-corrected chi connectivity index (χ4v) is 2.70. The zero-order valence-electron chi connectivity index (χ0n) is 8.54. The van der Waals surface area contributed by atoms with Gasteiger partial charge in [0.2, 0.25) is 11.8 Å². The largest absolute Gasteiger partial charge is 0.354 e. The number of likely N-dealkylation sites (tertiary alicyclic amines) is 1. The summed E-state index contributed by atoms with van der Waals surface area (Å²) in [5, 5.41) is 3.65. The van der Waals surface area contributed by atoms with E-state index in [1.807, 2.05) is 0 Å². The van der Waals surface area contributed by atoms with Crippen molar-refractivity contribution in [2.75, 3.05) is 18.4 Å². The standard InChI is InChI=1S/C10H15BrN2O2/c11-5-7-4-9(14)13(6-7)8-2-1-3-12-10(8)15/h7-8H,1-6H2,(H,12,15). The summed E-state index contributed by atoms with van der Waals surface area (Å²) in [5.74, 6) is 0.513. The first kappa shape index (κ1) is 10.9. The van der Waals surface area contributed by atoms with Gasteiger partial charge in [0, 0.05) is 24.8 Å². The molecule has 2 rings (SSSR count). The minimum atomic E-state index is -0.213. The van der Waals surface area contributed by atoms with Crippen LogP contribution < -0.4 is 5.32 Å². The van der Waals surface area contributed by atoms with E-state index in [9.17, 15) is 9.59 Å². The van der Waals surface area contributed by atoms with Crippen molar-refractivity contribution < 1.29 is 9.59 Å². The SMILES string of the molecule is O=C1NCCCC1N1CC(CBr)CC1=O. The predicted molar refractivity (Wildman–Crippen MR) is 59.6 cm³/mol. The normalized spacial score (nSPS) is 31.9. The molecule has 4 nitrogen and oxygen atoms in total. The first-order chi connectivity index (χ1) is 7.22. The molecule has 84 valence electrons. The molecule has 0 aromatic rings. The lowest BCUT2D eigenvalue weighted by Crippen LogP contribution is -2.51. The molecule has 0 aromatic heterocycles. The lowest BCUT2D eigenvalue weighted by Gasteiger charge is -2.30. The maximum absolute atomic E-state index is 11.7.